The van der Waals surface area contributed by atoms with Gasteiger partial charge in [-0.2, -0.15) is 0 Å². The smallest absolute Gasteiger partial charge is 0.147 e. The van der Waals surface area contributed by atoms with Crippen molar-refractivity contribution in [3.05, 3.63) is 42.1 Å². The predicted molar refractivity (Wildman–Crippen MR) is 62.0 cm³/mol. The third-order valence-corrected chi connectivity index (χ3v) is 2.62. The van der Waals surface area contributed by atoms with Crippen LogP contribution >= 0.6 is 24.2 Å². The van der Waals surface area contributed by atoms with Crippen molar-refractivity contribution in [3.8, 4) is 0 Å². The van der Waals surface area contributed by atoms with E-state index in [0.717, 1.165) is 17.6 Å². The largest absolute Gasteiger partial charge is 0.268 e. The Morgan fingerprint density at radius 3 is 2.57 bits per heavy atom. The summed E-state index contributed by atoms with van der Waals surface area (Å²) in [5, 5.41) is 1.18. The Morgan fingerprint density at radius 1 is 1.14 bits per heavy atom. The van der Waals surface area contributed by atoms with Crippen molar-refractivity contribution in [2.24, 2.45) is 0 Å². The molecule has 0 bridgehead atoms. The van der Waals surface area contributed by atoms with E-state index >= 15 is 0 Å². The van der Waals surface area contributed by atoms with Gasteiger partial charge in [0.25, 0.3) is 11.8 Å². The molecule has 0 atom stereocenters. The van der Waals surface area contributed by atoms with Gasteiger partial charge in [0.15, 0.2) is 0 Å². The molecule has 1 heterocycles. The highest BCUT2D eigenvalue weighted by Gasteiger charge is 2.11. The average molecular weight is 229 g/mol. The molecule has 0 aliphatic rings. The van der Waals surface area contributed by atoms with Crippen LogP contribution in [0.5, 0.6) is 0 Å². The third-order valence-electron chi connectivity index (χ3n) is 2.22. The van der Waals surface area contributed by atoms with E-state index in [4.69, 9.17) is 11.8 Å². The standard InChI is InChI=1S/C11H11ClN.ClH/c1-2-10-8-7-9-5-3-4-6-11(9)13(10)12;/h3-8H,2H2,1H3;1H/q+1;. The zero-order chi connectivity index (χ0) is 9.26. The zero-order valence-corrected chi connectivity index (χ0v) is 9.48. The van der Waals surface area contributed by atoms with Gasteiger partial charge in [0.05, 0.1) is 0 Å². The van der Waals surface area contributed by atoms with E-state index < -0.39 is 0 Å². The van der Waals surface area contributed by atoms with Gasteiger partial charge in [0.1, 0.15) is 0 Å². The van der Waals surface area contributed by atoms with Crippen LogP contribution in [0.2, 0.25) is 0 Å². The molecule has 14 heavy (non-hydrogen) atoms. The second-order valence-corrected chi connectivity index (χ2v) is 3.36. The van der Waals surface area contributed by atoms with Gasteiger partial charge < -0.3 is 0 Å². The number of aryl methyl sites for hydroxylation is 1. The molecule has 0 N–H and O–H groups in total. The number of pyridine rings is 1. The van der Waals surface area contributed by atoms with Gasteiger partial charge in [0, 0.05) is 23.9 Å². The molecule has 2 rings (SSSR count). The number of nitrogens with zero attached hydrogens (tertiary/aromatic N) is 1. The topological polar surface area (TPSA) is 3.88 Å². The number of halogens is 2. The van der Waals surface area contributed by atoms with Crippen LogP contribution in [0.15, 0.2) is 36.4 Å². The molecule has 0 unspecified atom stereocenters. The second kappa shape index (κ2) is 4.63. The summed E-state index contributed by atoms with van der Waals surface area (Å²) >= 11 is 6.16. The van der Waals surface area contributed by atoms with Crippen molar-refractivity contribution >= 4 is 35.1 Å². The summed E-state index contributed by atoms with van der Waals surface area (Å²) in [5.41, 5.74) is 2.21. The molecule has 0 saturated carbocycles. The summed E-state index contributed by atoms with van der Waals surface area (Å²) in [6.45, 7) is 2.10. The Balaban J connectivity index is 0.000000980. The van der Waals surface area contributed by atoms with Gasteiger partial charge in [-0.1, -0.05) is 23.1 Å². The van der Waals surface area contributed by atoms with E-state index in [1.807, 2.05) is 18.2 Å². The number of hydrogen-bond donors (Lipinski definition) is 0. The fraction of sp³-hybridized carbons (Fsp3) is 0.182. The van der Waals surface area contributed by atoms with Crippen LogP contribution in [0, 0.1) is 0 Å². The molecule has 0 saturated heterocycles. The number of benzene rings is 1. The molecule has 0 aliphatic heterocycles. The van der Waals surface area contributed by atoms with Gasteiger partial charge >= 0.3 is 0 Å². The van der Waals surface area contributed by atoms with Crippen LogP contribution in [0.3, 0.4) is 0 Å². The van der Waals surface area contributed by atoms with Crippen LogP contribution in [0.25, 0.3) is 10.9 Å². The van der Waals surface area contributed by atoms with Crippen LogP contribution in [-0.2, 0) is 6.42 Å². The molecule has 0 aliphatic carbocycles. The molecule has 74 valence electrons. The summed E-state index contributed by atoms with van der Waals surface area (Å²) < 4.78 is 1.73. The number of aromatic nitrogens is 1. The maximum atomic E-state index is 6.16. The monoisotopic (exact) mass is 228 g/mol. The Labute approximate surface area is 94.8 Å². The molecule has 3 heteroatoms. The van der Waals surface area contributed by atoms with Crippen LogP contribution in [-0.4, -0.2) is 0 Å². The number of fused-ring (bicyclic) bond motifs is 1. The van der Waals surface area contributed by atoms with E-state index in [2.05, 4.69) is 25.1 Å². The minimum atomic E-state index is 0. The van der Waals surface area contributed by atoms with E-state index in [0.29, 0.717) is 0 Å². The maximum Gasteiger partial charge on any atom is 0.268 e. The Morgan fingerprint density at radius 2 is 1.86 bits per heavy atom. The summed E-state index contributed by atoms with van der Waals surface area (Å²) in [5.74, 6) is 0. The fourth-order valence-corrected chi connectivity index (χ4v) is 1.80. The van der Waals surface area contributed by atoms with Crippen molar-refractivity contribution in [1.82, 2.24) is 0 Å². The van der Waals surface area contributed by atoms with Crippen LogP contribution in [0.4, 0.5) is 0 Å². The van der Waals surface area contributed by atoms with E-state index in [-0.39, 0.29) is 12.4 Å². The molecule has 0 fully saturated rings. The number of rotatable bonds is 1. The molecule has 2 aromatic rings. The fourth-order valence-electron chi connectivity index (χ4n) is 1.47. The van der Waals surface area contributed by atoms with Crippen molar-refractivity contribution in [3.63, 3.8) is 0 Å². The summed E-state index contributed by atoms with van der Waals surface area (Å²) in [7, 11) is 0. The number of para-hydroxylation sites is 1. The first kappa shape index (κ1) is 11.3. The van der Waals surface area contributed by atoms with Gasteiger partial charge in [-0.3, -0.25) is 0 Å². The van der Waals surface area contributed by atoms with Gasteiger partial charge in [-0.25, -0.2) is 0 Å². The highest BCUT2D eigenvalue weighted by Crippen LogP contribution is 2.11. The Bertz CT molecular complexity index is 440. The maximum absolute atomic E-state index is 6.16. The SMILES string of the molecule is CCc1ccc2ccccc2[n+]1Cl.Cl. The second-order valence-electron chi connectivity index (χ2n) is 3.02. The van der Waals surface area contributed by atoms with Gasteiger partial charge in [0.2, 0.25) is 11.2 Å². The Hall–Kier alpha value is -0.790. The molecule has 1 aromatic heterocycles. The van der Waals surface area contributed by atoms with Gasteiger partial charge in [-0.05, 0) is 12.1 Å². The average Bonchev–Trinajstić information content (AvgIpc) is 2.19. The highest BCUT2D eigenvalue weighted by molar-refractivity contribution is 6.06. The van der Waals surface area contributed by atoms with Crippen molar-refractivity contribution in [2.75, 3.05) is 0 Å². The molecule has 0 radical (unpaired) electrons. The first-order valence-electron chi connectivity index (χ1n) is 4.41. The predicted octanol–water partition coefficient (Wildman–Crippen LogP) is 3.11. The van der Waals surface area contributed by atoms with Crippen molar-refractivity contribution in [2.45, 2.75) is 13.3 Å². The summed E-state index contributed by atoms with van der Waals surface area (Å²) in [6, 6.07) is 12.3. The minimum absolute atomic E-state index is 0. The summed E-state index contributed by atoms with van der Waals surface area (Å²) in [4.78, 5) is 0. The third kappa shape index (κ3) is 1.84. The number of hydrogen-bond acceptors (Lipinski definition) is 0. The van der Waals surface area contributed by atoms with Gasteiger partial charge in [-0.15, -0.1) is 12.4 Å². The molecular weight excluding hydrogens is 217 g/mol. The zero-order valence-electron chi connectivity index (χ0n) is 7.90. The quantitative estimate of drug-likeness (QED) is 0.707. The molecule has 0 spiro atoms. The summed E-state index contributed by atoms with van der Waals surface area (Å²) in [6.07, 6.45) is 0.953. The first-order valence-corrected chi connectivity index (χ1v) is 4.75. The van der Waals surface area contributed by atoms with E-state index in [9.17, 15) is 0 Å². The first-order chi connectivity index (χ1) is 6.33. The molecule has 1 aromatic carbocycles. The van der Waals surface area contributed by atoms with Crippen molar-refractivity contribution in [1.29, 1.82) is 0 Å². The minimum Gasteiger partial charge on any atom is -0.147 e. The molecule has 1 nitrogen and oxygen atoms in total. The van der Waals surface area contributed by atoms with Crippen LogP contribution in [0.1, 0.15) is 12.6 Å². The molecule has 0 amide bonds. The lowest BCUT2D eigenvalue weighted by Crippen LogP contribution is -2.27. The van der Waals surface area contributed by atoms with E-state index in [1.54, 1.807) is 4.09 Å². The lowest BCUT2D eigenvalue weighted by molar-refractivity contribution is -0.499. The lowest BCUT2D eigenvalue weighted by atomic mass is 10.2. The van der Waals surface area contributed by atoms with E-state index in [1.165, 1.54) is 5.39 Å². The lowest BCUT2D eigenvalue weighted by Gasteiger charge is -1.96. The highest BCUT2D eigenvalue weighted by atomic mass is 35.5. The van der Waals surface area contributed by atoms with Crippen molar-refractivity contribution < 1.29 is 4.09 Å². The van der Waals surface area contributed by atoms with Crippen LogP contribution < -0.4 is 4.09 Å². The molecular formula is C11H12Cl2N+. The normalized spacial score (nSPS) is 9.86. The Kier molecular flexibility index (Phi) is 3.73.